The summed E-state index contributed by atoms with van der Waals surface area (Å²) < 4.78 is 5.60. The van der Waals surface area contributed by atoms with Crippen LogP contribution >= 0.6 is 0 Å². The van der Waals surface area contributed by atoms with Gasteiger partial charge in [0.05, 0.1) is 0 Å². The van der Waals surface area contributed by atoms with E-state index in [9.17, 15) is 19.5 Å². The highest BCUT2D eigenvalue weighted by molar-refractivity contribution is 5.84. The number of aliphatic carboxylic acids is 1. The number of carbonyl (C=O) groups excluding carboxylic acids is 2. The van der Waals surface area contributed by atoms with Crippen molar-refractivity contribution in [2.24, 2.45) is 5.41 Å². The fourth-order valence-electron chi connectivity index (χ4n) is 4.11. The second-order valence-corrected chi connectivity index (χ2v) is 9.46. The maximum absolute atomic E-state index is 12.7. The van der Waals surface area contributed by atoms with Crippen molar-refractivity contribution in [3.05, 3.63) is 59.7 Å². The Morgan fingerprint density at radius 1 is 1.03 bits per heavy atom. The molecule has 2 aromatic carbocycles. The summed E-state index contributed by atoms with van der Waals surface area (Å²) in [6.45, 7) is 5.80. The molecular weight excluding hydrogens is 432 g/mol. The molecule has 2 unspecified atom stereocenters. The van der Waals surface area contributed by atoms with Crippen LogP contribution in [0.5, 0.6) is 0 Å². The van der Waals surface area contributed by atoms with Gasteiger partial charge in [0.15, 0.2) is 0 Å². The maximum atomic E-state index is 12.7. The van der Waals surface area contributed by atoms with Crippen LogP contribution in [0.15, 0.2) is 48.5 Å². The molecule has 0 fully saturated rings. The van der Waals surface area contributed by atoms with Gasteiger partial charge in [-0.05, 0) is 27.7 Å². The zero-order valence-corrected chi connectivity index (χ0v) is 19.6. The predicted octanol–water partition coefficient (Wildman–Crippen LogP) is 3.92. The quantitative estimate of drug-likeness (QED) is 0.516. The van der Waals surface area contributed by atoms with Gasteiger partial charge in [0.2, 0.25) is 5.91 Å². The highest BCUT2D eigenvalue weighted by Gasteiger charge is 2.32. The minimum atomic E-state index is -1.21. The van der Waals surface area contributed by atoms with Crippen molar-refractivity contribution in [3.8, 4) is 23.5 Å². The Morgan fingerprint density at radius 3 is 2.09 bits per heavy atom. The fraction of sp³-hybridized carbons (Fsp3) is 0.370. The van der Waals surface area contributed by atoms with Crippen LogP contribution in [0.1, 0.15) is 50.7 Å². The van der Waals surface area contributed by atoms with Crippen LogP contribution in [0.4, 0.5) is 4.79 Å². The molecule has 2 atom stereocenters. The molecule has 0 saturated heterocycles. The lowest BCUT2D eigenvalue weighted by Gasteiger charge is -2.31. The first kappa shape index (κ1) is 24.8. The molecule has 3 rings (SSSR count). The molecule has 0 heterocycles. The number of fused-ring (bicyclic) bond motifs is 3. The number of rotatable bonds is 8. The lowest BCUT2D eigenvalue weighted by Crippen LogP contribution is -2.49. The van der Waals surface area contributed by atoms with Gasteiger partial charge >= 0.3 is 12.1 Å². The van der Waals surface area contributed by atoms with Crippen LogP contribution in [0.3, 0.4) is 0 Å². The smallest absolute Gasteiger partial charge is 0.407 e. The topological polar surface area (TPSA) is 105 Å². The van der Waals surface area contributed by atoms with Crippen molar-refractivity contribution in [2.75, 3.05) is 6.61 Å². The number of nitrogens with one attached hydrogen (secondary N) is 2. The minimum absolute atomic E-state index is 0.0744. The molecule has 0 bridgehead atoms. The molecule has 0 aromatic heterocycles. The number of carbonyl (C=O) groups is 3. The van der Waals surface area contributed by atoms with Gasteiger partial charge in [-0.15, -0.1) is 12.3 Å². The van der Waals surface area contributed by atoms with E-state index in [1.807, 2.05) is 57.2 Å². The zero-order valence-electron chi connectivity index (χ0n) is 19.6. The number of benzene rings is 2. The lowest BCUT2D eigenvalue weighted by molar-refractivity contribution is -0.141. The third-order valence-corrected chi connectivity index (χ3v) is 6.03. The van der Waals surface area contributed by atoms with Crippen molar-refractivity contribution >= 4 is 18.0 Å². The third-order valence-electron chi connectivity index (χ3n) is 6.03. The second-order valence-electron chi connectivity index (χ2n) is 9.46. The molecule has 3 N–H and O–H groups in total. The second kappa shape index (κ2) is 10.4. The zero-order chi connectivity index (χ0) is 24.9. The number of carboxylic acids is 1. The summed E-state index contributed by atoms with van der Waals surface area (Å²) in [5.74, 6) is 0.450. The molecule has 34 heavy (non-hydrogen) atoms. The average molecular weight is 463 g/mol. The number of hydrogen-bond donors (Lipinski definition) is 3. The van der Waals surface area contributed by atoms with Crippen molar-refractivity contribution in [3.63, 3.8) is 0 Å². The largest absolute Gasteiger partial charge is 0.480 e. The van der Waals surface area contributed by atoms with Crippen LogP contribution < -0.4 is 10.6 Å². The number of carboxylic acid groups (broad SMARTS) is 1. The van der Waals surface area contributed by atoms with Gasteiger partial charge < -0.3 is 20.5 Å². The summed E-state index contributed by atoms with van der Waals surface area (Å²) in [7, 11) is 0. The van der Waals surface area contributed by atoms with Crippen LogP contribution in [0, 0.1) is 17.8 Å². The van der Waals surface area contributed by atoms with E-state index < -0.39 is 35.5 Å². The molecule has 1 aliphatic rings. The van der Waals surface area contributed by atoms with E-state index in [1.165, 1.54) is 0 Å². The number of alkyl carbamates (subject to hydrolysis) is 1. The Labute approximate surface area is 199 Å². The van der Waals surface area contributed by atoms with Crippen LogP contribution in [-0.4, -0.2) is 41.8 Å². The van der Waals surface area contributed by atoms with Crippen molar-refractivity contribution in [1.29, 1.82) is 0 Å². The van der Waals surface area contributed by atoms with Gasteiger partial charge in [0.1, 0.15) is 12.6 Å². The molecule has 2 amide bonds. The molecule has 0 radical (unpaired) electrons. The highest BCUT2D eigenvalue weighted by Crippen LogP contribution is 2.44. The minimum Gasteiger partial charge on any atom is -0.480 e. The predicted molar refractivity (Wildman–Crippen MR) is 129 cm³/mol. The molecular formula is C27H30N2O5. The fourth-order valence-corrected chi connectivity index (χ4v) is 4.11. The standard InChI is InChI=1S/C27H30N2O5/c1-5-10-22(25(31)32)28-24(30)15-23(27(2,3)4)29-26(33)34-16-21-19-13-8-6-11-17(19)18-12-7-9-14-20(18)21/h1,6-9,11-14,21-23H,10,15-16H2,2-4H3,(H,28,30)(H,29,33)(H,31,32). The summed E-state index contributed by atoms with van der Waals surface area (Å²) in [4.78, 5) is 36.5. The van der Waals surface area contributed by atoms with Crippen LogP contribution in [0.2, 0.25) is 0 Å². The molecule has 7 nitrogen and oxygen atoms in total. The Hall–Kier alpha value is -3.79. The normalized spacial score (nSPS) is 14.2. The average Bonchev–Trinajstić information content (AvgIpc) is 3.10. The molecule has 0 spiro atoms. The van der Waals surface area contributed by atoms with Crippen molar-refractivity contribution in [2.45, 2.75) is 51.6 Å². The Balaban J connectivity index is 1.64. The molecule has 7 heteroatoms. The van der Waals surface area contributed by atoms with E-state index in [2.05, 4.69) is 28.7 Å². The van der Waals surface area contributed by atoms with E-state index in [4.69, 9.17) is 11.2 Å². The number of terminal acetylenes is 1. The Bertz CT molecular complexity index is 1070. The number of ether oxygens (including phenoxy) is 1. The summed E-state index contributed by atoms with van der Waals surface area (Å²) in [5.41, 5.74) is 4.01. The molecule has 1 aliphatic carbocycles. The monoisotopic (exact) mass is 462 g/mol. The number of hydrogen-bond acceptors (Lipinski definition) is 4. The van der Waals surface area contributed by atoms with Gasteiger partial charge in [-0.2, -0.15) is 0 Å². The molecule has 178 valence electrons. The molecule has 0 saturated carbocycles. The first-order valence-corrected chi connectivity index (χ1v) is 11.2. The molecule has 2 aromatic rings. The maximum Gasteiger partial charge on any atom is 0.407 e. The van der Waals surface area contributed by atoms with Gasteiger partial charge in [-0.25, -0.2) is 9.59 Å². The summed E-state index contributed by atoms with van der Waals surface area (Å²) >= 11 is 0. The summed E-state index contributed by atoms with van der Waals surface area (Å²) in [6.07, 6.45) is 4.32. The van der Waals surface area contributed by atoms with Crippen molar-refractivity contribution < 1.29 is 24.2 Å². The highest BCUT2D eigenvalue weighted by atomic mass is 16.5. The van der Waals surface area contributed by atoms with Crippen LogP contribution in [0.25, 0.3) is 11.1 Å². The first-order chi connectivity index (χ1) is 16.1. The van der Waals surface area contributed by atoms with E-state index in [1.54, 1.807) is 0 Å². The van der Waals surface area contributed by atoms with E-state index in [-0.39, 0.29) is 25.4 Å². The summed E-state index contributed by atoms with van der Waals surface area (Å²) in [6, 6.07) is 14.4. The van der Waals surface area contributed by atoms with Crippen LogP contribution in [-0.2, 0) is 14.3 Å². The lowest BCUT2D eigenvalue weighted by atomic mass is 9.84. The van der Waals surface area contributed by atoms with Gasteiger partial charge in [-0.1, -0.05) is 69.3 Å². The van der Waals surface area contributed by atoms with E-state index in [0.717, 1.165) is 22.3 Å². The van der Waals surface area contributed by atoms with Gasteiger partial charge in [0, 0.05) is 24.8 Å². The van der Waals surface area contributed by atoms with E-state index >= 15 is 0 Å². The van der Waals surface area contributed by atoms with Gasteiger partial charge in [-0.3, -0.25) is 4.79 Å². The van der Waals surface area contributed by atoms with Crippen molar-refractivity contribution in [1.82, 2.24) is 10.6 Å². The van der Waals surface area contributed by atoms with Gasteiger partial charge in [0.25, 0.3) is 0 Å². The first-order valence-electron chi connectivity index (χ1n) is 11.2. The Morgan fingerprint density at radius 2 is 1.59 bits per heavy atom. The third kappa shape index (κ3) is 5.76. The molecule has 0 aliphatic heterocycles. The Kier molecular flexibility index (Phi) is 7.62. The van der Waals surface area contributed by atoms with E-state index in [0.29, 0.717) is 0 Å². The number of amides is 2. The SMILES string of the molecule is C#CCC(NC(=O)CC(NC(=O)OCC1c2ccccc2-c2ccccc21)C(C)(C)C)C(=O)O. The summed E-state index contributed by atoms with van der Waals surface area (Å²) in [5, 5.41) is 14.4.